The quantitative estimate of drug-likeness (QED) is 0.531. The average Bonchev–Trinajstić information content (AvgIpc) is 2.77. The number of hydroxylamine groups is 1. The summed E-state index contributed by atoms with van der Waals surface area (Å²) in [4.78, 5) is 21.8. The third kappa shape index (κ3) is 4.88. The van der Waals surface area contributed by atoms with E-state index in [1.54, 1.807) is 30.0 Å². The molecule has 0 saturated carbocycles. The van der Waals surface area contributed by atoms with Crippen molar-refractivity contribution in [3.8, 4) is 11.3 Å². The van der Waals surface area contributed by atoms with E-state index in [9.17, 15) is 9.00 Å². The van der Waals surface area contributed by atoms with Crippen LogP contribution in [-0.2, 0) is 26.8 Å². The topological polar surface area (TPSA) is 101 Å². The zero-order valence-electron chi connectivity index (χ0n) is 16.8. The number of benzene rings is 1. The van der Waals surface area contributed by atoms with E-state index in [1.165, 1.54) is 0 Å². The highest BCUT2D eigenvalue weighted by Gasteiger charge is 2.46. The Kier molecular flexibility index (Phi) is 7.10. The molecule has 1 amide bonds. The Labute approximate surface area is 173 Å². The standard InChI is InChI=1S/C21H27N3O4S/c1-15(2)3-6-17-13-23-19(14-22-17)16-4-7-18(8-5-16)29(27)21(20(25)24-26)9-11-28-12-10-21/h4-5,7-8,13-15,26H,3,6,9-12H2,1-2H3,(H,24,25). The molecule has 0 aliphatic carbocycles. The Balaban J connectivity index is 1.77. The predicted octanol–water partition coefficient (Wildman–Crippen LogP) is 2.89. The van der Waals surface area contributed by atoms with Crippen molar-refractivity contribution >= 4 is 16.7 Å². The molecule has 1 atom stereocenters. The first-order chi connectivity index (χ1) is 14.0. The summed E-state index contributed by atoms with van der Waals surface area (Å²) in [5.74, 6) is -0.0112. The van der Waals surface area contributed by atoms with Crippen LogP contribution in [0.1, 0.15) is 38.8 Å². The van der Waals surface area contributed by atoms with Crippen molar-refractivity contribution < 1.29 is 18.9 Å². The van der Waals surface area contributed by atoms with E-state index < -0.39 is 21.5 Å². The minimum atomic E-state index is -1.62. The van der Waals surface area contributed by atoms with Gasteiger partial charge in [-0.05, 0) is 43.7 Å². The first-order valence-corrected chi connectivity index (χ1v) is 11.0. The summed E-state index contributed by atoms with van der Waals surface area (Å²) in [6, 6.07) is 7.13. The molecule has 1 aliphatic rings. The molecule has 2 heterocycles. The molecule has 1 aliphatic heterocycles. The maximum absolute atomic E-state index is 13.2. The smallest absolute Gasteiger partial charge is 0.262 e. The van der Waals surface area contributed by atoms with Crippen molar-refractivity contribution in [1.82, 2.24) is 15.4 Å². The second-order valence-electron chi connectivity index (χ2n) is 7.67. The largest absolute Gasteiger partial charge is 0.381 e. The summed E-state index contributed by atoms with van der Waals surface area (Å²) >= 11 is 0. The molecule has 1 aromatic carbocycles. The molecule has 0 bridgehead atoms. The van der Waals surface area contributed by atoms with E-state index in [2.05, 4.69) is 23.8 Å². The predicted molar refractivity (Wildman–Crippen MR) is 110 cm³/mol. The Morgan fingerprint density at radius 2 is 1.90 bits per heavy atom. The molecule has 3 rings (SSSR count). The van der Waals surface area contributed by atoms with Gasteiger partial charge in [0.25, 0.3) is 5.91 Å². The third-order valence-electron chi connectivity index (χ3n) is 5.22. The van der Waals surface area contributed by atoms with Crippen LogP contribution in [0.15, 0.2) is 41.6 Å². The number of carbonyl (C=O) groups is 1. The van der Waals surface area contributed by atoms with Gasteiger partial charge in [-0.15, -0.1) is 0 Å². The van der Waals surface area contributed by atoms with Crippen LogP contribution in [0.4, 0.5) is 0 Å². The lowest BCUT2D eigenvalue weighted by molar-refractivity contribution is -0.134. The highest BCUT2D eigenvalue weighted by molar-refractivity contribution is 7.87. The van der Waals surface area contributed by atoms with Crippen molar-refractivity contribution in [2.24, 2.45) is 5.92 Å². The average molecular weight is 418 g/mol. The second kappa shape index (κ2) is 9.56. The Morgan fingerprint density at radius 1 is 1.21 bits per heavy atom. The Bertz CT molecular complexity index is 847. The number of amides is 1. The van der Waals surface area contributed by atoms with Crippen molar-refractivity contribution in [2.75, 3.05) is 13.2 Å². The lowest BCUT2D eigenvalue weighted by Crippen LogP contribution is -2.52. The van der Waals surface area contributed by atoms with Gasteiger partial charge in [-0.2, -0.15) is 0 Å². The van der Waals surface area contributed by atoms with E-state index in [0.717, 1.165) is 29.8 Å². The monoisotopic (exact) mass is 417 g/mol. The minimum Gasteiger partial charge on any atom is -0.381 e. The molecule has 7 nitrogen and oxygen atoms in total. The Hall–Kier alpha value is -2.16. The molecule has 1 unspecified atom stereocenters. The molecule has 29 heavy (non-hydrogen) atoms. The van der Waals surface area contributed by atoms with Crippen molar-refractivity contribution in [3.63, 3.8) is 0 Å². The van der Waals surface area contributed by atoms with Crippen LogP contribution in [0.3, 0.4) is 0 Å². The summed E-state index contributed by atoms with van der Waals surface area (Å²) in [6.45, 7) is 5.02. The van der Waals surface area contributed by atoms with E-state index in [0.29, 0.717) is 24.0 Å². The van der Waals surface area contributed by atoms with Crippen LogP contribution in [0.2, 0.25) is 0 Å². The number of aromatic nitrogens is 2. The summed E-state index contributed by atoms with van der Waals surface area (Å²) in [5.41, 5.74) is 4.25. The van der Waals surface area contributed by atoms with Gasteiger partial charge >= 0.3 is 0 Å². The van der Waals surface area contributed by atoms with E-state index >= 15 is 0 Å². The van der Waals surface area contributed by atoms with Gasteiger partial charge in [0.1, 0.15) is 4.75 Å². The summed E-state index contributed by atoms with van der Waals surface area (Å²) in [6.07, 6.45) is 6.10. The number of hydrogen-bond acceptors (Lipinski definition) is 6. The number of hydrogen-bond donors (Lipinski definition) is 2. The maximum atomic E-state index is 13.2. The molecule has 8 heteroatoms. The maximum Gasteiger partial charge on any atom is 0.262 e. The highest BCUT2D eigenvalue weighted by Crippen LogP contribution is 2.32. The number of carbonyl (C=O) groups excluding carboxylic acids is 1. The van der Waals surface area contributed by atoms with Gasteiger partial charge in [0.05, 0.1) is 28.4 Å². The molecule has 1 fully saturated rings. The van der Waals surface area contributed by atoms with Crippen LogP contribution in [-0.4, -0.2) is 43.3 Å². The molecular formula is C21H27N3O4S. The highest BCUT2D eigenvalue weighted by atomic mass is 32.2. The molecule has 156 valence electrons. The van der Waals surface area contributed by atoms with Gasteiger partial charge in [0.15, 0.2) is 0 Å². The first-order valence-electron chi connectivity index (χ1n) is 9.82. The van der Waals surface area contributed by atoms with Gasteiger partial charge in [-0.3, -0.25) is 24.2 Å². The first kappa shape index (κ1) is 21.5. The van der Waals surface area contributed by atoms with E-state index in [1.807, 2.05) is 12.1 Å². The van der Waals surface area contributed by atoms with Crippen LogP contribution < -0.4 is 5.48 Å². The minimum absolute atomic E-state index is 0.289. The number of nitrogens with zero attached hydrogens (tertiary/aromatic N) is 2. The van der Waals surface area contributed by atoms with E-state index in [-0.39, 0.29) is 12.8 Å². The van der Waals surface area contributed by atoms with Crippen molar-refractivity contribution in [2.45, 2.75) is 49.2 Å². The van der Waals surface area contributed by atoms with Gasteiger partial charge in [-0.25, -0.2) is 5.48 Å². The third-order valence-corrected chi connectivity index (χ3v) is 7.22. The van der Waals surface area contributed by atoms with Crippen molar-refractivity contribution in [1.29, 1.82) is 0 Å². The molecular weight excluding hydrogens is 390 g/mol. The fourth-order valence-corrected chi connectivity index (χ4v) is 4.93. The van der Waals surface area contributed by atoms with Gasteiger partial charge in [0, 0.05) is 29.9 Å². The second-order valence-corrected chi connectivity index (χ2v) is 9.46. The number of aryl methyl sites for hydroxylation is 1. The molecule has 2 aromatic rings. The normalized spacial score (nSPS) is 17.1. The summed E-state index contributed by atoms with van der Waals surface area (Å²) < 4.78 is 17.3. The molecule has 2 N–H and O–H groups in total. The van der Waals surface area contributed by atoms with Crippen LogP contribution in [0.25, 0.3) is 11.3 Å². The van der Waals surface area contributed by atoms with Crippen LogP contribution in [0, 0.1) is 5.92 Å². The molecule has 1 saturated heterocycles. The van der Waals surface area contributed by atoms with E-state index in [4.69, 9.17) is 9.94 Å². The SMILES string of the molecule is CC(C)CCc1cnc(-c2ccc(S(=O)C3(C(=O)NO)CCOCC3)cc2)cn1. The van der Waals surface area contributed by atoms with Crippen molar-refractivity contribution in [3.05, 3.63) is 42.4 Å². The summed E-state index contributed by atoms with van der Waals surface area (Å²) in [5, 5.41) is 9.14. The van der Waals surface area contributed by atoms with Gasteiger partial charge in [-0.1, -0.05) is 26.0 Å². The fourth-order valence-electron chi connectivity index (χ4n) is 3.34. The number of ether oxygens (including phenoxy) is 1. The molecule has 0 radical (unpaired) electrons. The zero-order chi connectivity index (χ0) is 20.9. The lowest BCUT2D eigenvalue weighted by atomic mass is 9.98. The molecule has 0 spiro atoms. The number of rotatable bonds is 7. The Morgan fingerprint density at radius 3 is 2.45 bits per heavy atom. The van der Waals surface area contributed by atoms with Crippen LogP contribution in [0.5, 0.6) is 0 Å². The van der Waals surface area contributed by atoms with Crippen LogP contribution >= 0.6 is 0 Å². The molecule has 1 aromatic heterocycles. The zero-order valence-corrected chi connectivity index (χ0v) is 17.6. The lowest BCUT2D eigenvalue weighted by Gasteiger charge is -2.33. The van der Waals surface area contributed by atoms with Gasteiger partial charge in [0.2, 0.25) is 0 Å². The summed E-state index contributed by atoms with van der Waals surface area (Å²) in [7, 11) is -1.62. The fraction of sp³-hybridized carbons (Fsp3) is 0.476. The number of nitrogens with one attached hydrogen (secondary N) is 1. The van der Waals surface area contributed by atoms with Gasteiger partial charge < -0.3 is 4.74 Å².